The lowest BCUT2D eigenvalue weighted by Crippen LogP contribution is -2.40. The van der Waals surface area contributed by atoms with Gasteiger partial charge in [-0.3, -0.25) is 23.7 Å². The first-order valence-electron chi connectivity index (χ1n) is 12.3. The number of imidazole rings is 1. The summed E-state index contributed by atoms with van der Waals surface area (Å²) in [5.74, 6) is -1.76. The first kappa shape index (κ1) is 28.0. The van der Waals surface area contributed by atoms with Crippen LogP contribution in [0.1, 0.15) is 72.4 Å². The van der Waals surface area contributed by atoms with E-state index in [1.165, 1.54) is 38.0 Å². The third kappa shape index (κ3) is 7.44. The molecule has 13 heteroatoms. The van der Waals surface area contributed by atoms with Gasteiger partial charge in [-0.1, -0.05) is 32.6 Å². The minimum Gasteiger partial charge on any atom is -0.463 e. The van der Waals surface area contributed by atoms with Gasteiger partial charge in [0.1, 0.15) is 19.0 Å². The maximum Gasteiger partial charge on any atom is 0.303 e. The molecule has 1 N–H and O–H groups in total. The molecule has 4 unspecified atom stereocenters. The van der Waals surface area contributed by atoms with Gasteiger partial charge in [0.2, 0.25) is 5.91 Å². The zero-order valence-corrected chi connectivity index (χ0v) is 21.5. The number of fused-ring (bicyclic) bond motifs is 1. The fourth-order valence-electron chi connectivity index (χ4n) is 4.13. The molecule has 1 fully saturated rings. The first-order chi connectivity index (χ1) is 17.7. The smallest absolute Gasteiger partial charge is 0.303 e. The van der Waals surface area contributed by atoms with E-state index in [0.717, 1.165) is 32.1 Å². The van der Waals surface area contributed by atoms with Crippen LogP contribution in [0.25, 0.3) is 11.2 Å². The van der Waals surface area contributed by atoms with Crippen LogP contribution in [-0.2, 0) is 38.1 Å². The summed E-state index contributed by atoms with van der Waals surface area (Å²) in [4.78, 5) is 60.3. The van der Waals surface area contributed by atoms with Crippen molar-refractivity contribution in [1.82, 2.24) is 19.5 Å². The number of carbonyl (C=O) groups excluding carboxylic acids is 4. The molecule has 0 radical (unpaired) electrons. The van der Waals surface area contributed by atoms with Crippen molar-refractivity contribution in [2.45, 2.75) is 90.8 Å². The lowest BCUT2D eigenvalue weighted by atomic mass is 10.1. The molecule has 3 heterocycles. The van der Waals surface area contributed by atoms with Gasteiger partial charge in [-0.15, -0.1) is 0 Å². The molecule has 2 aromatic heterocycles. The number of rotatable bonds is 12. The molecule has 0 spiro atoms. The summed E-state index contributed by atoms with van der Waals surface area (Å²) in [6.45, 7) is 5.56. The monoisotopic (exact) mass is 519 g/mol. The second-order valence-electron chi connectivity index (χ2n) is 8.77. The van der Waals surface area contributed by atoms with E-state index in [0.29, 0.717) is 17.6 Å². The molecular weight excluding hydrogens is 486 g/mol. The molecule has 0 aliphatic carbocycles. The number of amides is 1. The summed E-state index contributed by atoms with van der Waals surface area (Å²) in [6, 6.07) is 0. The lowest BCUT2D eigenvalue weighted by molar-refractivity contribution is -0.166. The van der Waals surface area contributed by atoms with Crippen molar-refractivity contribution in [2.24, 2.45) is 0 Å². The molecular formula is C24H33N5O8. The van der Waals surface area contributed by atoms with Gasteiger partial charge in [0.25, 0.3) is 0 Å². The molecule has 0 aromatic carbocycles. The summed E-state index contributed by atoms with van der Waals surface area (Å²) < 4.78 is 23.5. The van der Waals surface area contributed by atoms with Crippen molar-refractivity contribution in [3.63, 3.8) is 0 Å². The fraction of sp³-hybridized carbons (Fsp3) is 0.625. The number of hydrogen-bond acceptors (Lipinski definition) is 11. The van der Waals surface area contributed by atoms with Crippen LogP contribution in [0.4, 0.5) is 5.82 Å². The molecule has 2 aromatic rings. The standard InChI is InChI=1S/C24H33N5O8/c1-5-6-7-8-9-10-18(33)28-22-19-23(26-12-25-22)29(13-27-19)24-21(36-16(4)32)20(35-15(3)31)17(37-24)11-34-14(2)30/h12-13,17,20-21,24H,5-11H2,1-4H3,(H,25,26,28,33). The minimum absolute atomic E-state index is 0.183. The predicted molar refractivity (Wildman–Crippen MR) is 129 cm³/mol. The predicted octanol–water partition coefficient (Wildman–Crippen LogP) is 2.45. The molecule has 4 atom stereocenters. The first-order valence-corrected chi connectivity index (χ1v) is 12.3. The molecule has 3 rings (SSSR count). The van der Waals surface area contributed by atoms with E-state index < -0.39 is 42.4 Å². The summed E-state index contributed by atoms with van der Waals surface area (Å²) in [7, 11) is 0. The van der Waals surface area contributed by atoms with Gasteiger partial charge in [0.15, 0.2) is 35.4 Å². The Morgan fingerprint density at radius 1 is 0.946 bits per heavy atom. The van der Waals surface area contributed by atoms with Crippen LogP contribution >= 0.6 is 0 Å². The maximum absolute atomic E-state index is 12.5. The largest absolute Gasteiger partial charge is 0.463 e. The van der Waals surface area contributed by atoms with E-state index in [9.17, 15) is 19.2 Å². The van der Waals surface area contributed by atoms with Gasteiger partial charge in [-0.25, -0.2) is 15.0 Å². The van der Waals surface area contributed by atoms with Crippen LogP contribution in [0.3, 0.4) is 0 Å². The topological polar surface area (TPSA) is 161 Å². The third-order valence-electron chi connectivity index (χ3n) is 5.74. The Hall–Kier alpha value is -3.61. The van der Waals surface area contributed by atoms with Gasteiger partial charge in [-0.2, -0.15) is 0 Å². The van der Waals surface area contributed by atoms with Crippen molar-refractivity contribution in [2.75, 3.05) is 11.9 Å². The average Bonchev–Trinajstić information content (AvgIpc) is 3.39. The molecule has 1 aliphatic heterocycles. The second kappa shape index (κ2) is 13.1. The number of anilines is 1. The zero-order chi connectivity index (χ0) is 26.9. The molecule has 1 saturated heterocycles. The third-order valence-corrected chi connectivity index (χ3v) is 5.74. The van der Waals surface area contributed by atoms with E-state index in [-0.39, 0.29) is 18.3 Å². The second-order valence-corrected chi connectivity index (χ2v) is 8.77. The van der Waals surface area contributed by atoms with E-state index >= 15 is 0 Å². The number of esters is 3. The minimum atomic E-state index is -1.09. The number of unbranched alkanes of at least 4 members (excludes halogenated alkanes) is 4. The van der Waals surface area contributed by atoms with Crippen molar-refractivity contribution in [3.8, 4) is 0 Å². The SMILES string of the molecule is CCCCCCCC(=O)Nc1ncnc2c1ncn2C1OC(COC(C)=O)C(OC(C)=O)C1OC(C)=O. The van der Waals surface area contributed by atoms with E-state index in [1.807, 2.05) is 0 Å². The van der Waals surface area contributed by atoms with Crippen LogP contribution < -0.4 is 5.32 Å². The van der Waals surface area contributed by atoms with E-state index in [1.54, 1.807) is 0 Å². The number of aromatic nitrogens is 4. The Labute approximate surface area is 214 Å². The van der Waals surface area contributed by atoms with Gasteiger partial charge in [0.05, 0.1) is 6.33 Å². The number of hydrogen-bond donors (Lipinski definition) is 1. The van der Waals surface area contributed by atoms with Gasteiger partial charge < -0.3 is 24.3 Å². The van der Waals surface area contributed by atoms with Crippen LogP contribution in [0.5, 0.6) is 0 Å². The fourth-order valence-corrected chi connectivity index (χ4v) is 4.13. The van der Waals surface area contributed by atoms with Crippen molar-refractivity contribution < 1.29 is 38.1 Å². The maximum atomic E-state index is 12.5. The average molecular weight is 520 g/mol. The number of nitrogens with zero attached hydrogens (tertiary/aromatic N) is 4. The summed E-state index contributed by atoms with van der Waals surface area (Å²) in [5, 5.41) is 2.78. The Morgan fingerprint density at radius 2 is 1.65 bits per heavy atom. The summed E-state index contributed by atoms with van der Waals surface area (Å²) in [5.41, 5.74) is 0.601. The Bertz CT molecular complexity index is 1120. The van der Waals surface area contributed by atoms with E-state index in [2.05, 4.69) is 27.2 Å². The lowest BCUT2D eigenvalue weighted by Gasteiger charge is -2.23. The zero-order valence-electron chi connectivity index (χ0n) is 21.5. The Balaban J connectivity index is 1.85. The normalized spacial score (nSPS) is 21.0. The molecule has 0 saturated carbocycles. The number of ether oxygens (including phenoxy) is 4. The van der Waals surface area contributed by atoms with E-state index in [4.69, 9.17) is 18.9 Å². The molecule has 1 aliphatic rings. The molecule has 37 heavy (non-hydrogen) atoms. The van der Waals surface area contributed by atoms with Gasteiger partial charge in [0, 0.05) is 27.2 Å². The highest BCUT2D eigenvalue weighted by Crippen LogP contribution is 2.36. The molecule has 13 nitrogen and oxygen atoms in total. The highest BCUT2D eigenvalue weighted by Gasteiger charge is 2.51. The van der Waals surface area contributed by atoms with Gasteiger partial charge in [-0.05, 0) is 6.42 Å². The van der Waals surface area contributed by atoms with Crippen LogP contribution in [0.2, 0.25) is 0 Å². The number of carbonyl (C=O) groups is 4. The number of nitrogens with one attached hydrogen (secondary N) is 1. The summed E-state index contributed by atoms with van der Waals surface area (Å²) in [6.07, 6.45) is 4.05. The highest BCUT2D eigenvalue weighted by atomic mass is 16.7. The van der Waals surface area contributed by atoms with Crippen LogP contribution in [0.15, 0.2) is 12.7 Å². The molecule has 1 amide bonds. The Morgan fingerprint density at radius 3 is 2.32 bits per heavy atom. The summed E-state index contributed by atoms with van der Waals surface area (Å²) >= 11 is 0. The molecule has 202 valence electrons. The van der Waals surface area contributed by atoms with Crippen molar-refractivity contribution >= 4 is 40.8 Å². The highest BCUT2D eigenvalue weighted by molar-refractivity contribution is 5.96. The van der Waals surface area contributed by atoms with Crippen LogP contribution in [-0.4, -0.2) is 68.3 Å². The molecule has 0 bridgehead atoms. The quantitative estimate of drug-likeness (QED) is 0.249. The van der Waals surface area contributed by atoms with Crippen molar-refractivity contribution in [3.05, 3.63) is 12.7 Å². The van der Waals surface area contributed by atoms with Crippen molar-refractivity contribution in [1.29, 1.82) is 0 Å². The van der Waals surface area contributed by atoms with Crippen LogP contribution in [0, 0.1) is 0 Å². The van der Waals surface area contributed by atoms with Gasteiger partial charge >= 0.3 is 17.9 Å². The Kier molecular flexibility index (Phi) is 9.89.